The molecule has 65 heavy (non-hydrogen) atoms. The second-order valence-electron chi connectivity index (χ2n) is 16.9. The van der Waals surface area contributed by atoms with Gasteiger partial charge in [-0.15, -0.1) is 0 Å². The Morgan fingerprint density at radius 3 is 1.28 bits per heavy atom. The van der Waals surface area contributed by atoms with Crippen LogP contribution in [0.25, 0.3) is 65.0 Å². The third-order valence-electron chi connectivity index (χ3n) is 12.4. The van der Waals surface area contributed by atoms with Gasteiger partial charge in [-0.25, -0.2) is 0 Å². The molecule has 0 amide bonds. The molecule has 0 saturated heterocycles. The van der Waals surface area contributed by atoms with Gasteiger partial charge in [0.1, 0.15) is 0 Å². The third-order valence-corrected chi connectivity index (χ3v) is 12.4. The van der Waals surface area contributed by atoms with Crippen LogP contribution in [0.2, 0.25) is 0 Å². The molecule has 1 aliphatic rings. The lowest BCUT2D eigenvalue weighted by molar-refractivity contribution is 0.767. The van der Waals surface area contributed by atoms with Crippen LogP contribution in [-0.4, -0.2) is 0 Å². The van der Waals surface area contributed by atoms with Crippen LogP contribution in [-0.2, 0) is 5.41 Å². The van der Waals surface area contributed by atoms with Gasteiger partial charge in [0.05, 0.1) is 5.41 Å². The van der Waals surface area contributed by atoms with Gasteiger partial charge in [0, 0.05) is 0 Å². The molecular formula is C65H60. The summed E-state index contributed by atoms with van der Waals surface area (Å²) in [6.07, 6.45) is 1.25. The third kappa shape index (κ3) is 8.58. The Morgan fingerprint density at radius 1 is 0.292 bits per heavy atom. The van der Waals surface area contributed by atoms with E-state index in [1.807, 2.05) is 13.8 Å². The Hall–Kier alpha value is -7.28. The molecule has 0 bridgehead atoms. The molecule has 0 unspecified atom stereocenters. The van der Waals surface area contributed by atoms with E-state index >= 15 is 0 Å². The molecule has 0 aliphatic heterocycles. The molecule has 0 heteroatoms. The molecule has 0 fully saturated rings. The zero-order chi connectivity index (χ0) is 45.3. The maximum Gasteiger partial charge on any atom is 0.0713 e. The first-order valence-corrected chi connectivity index (χ1v) is 23.4. The SMILES string of the molecule is CC.CCC.Cc1ccc2c(c1)C(c1ccccc1)(c1ccccc1)c1ccccc1-2.Cc1ccc2c(ccc3ccccc32)c1.Cc1ccc2c3ccccc3c3ccccc3c2c1. The highest BCUT2D eigenvalue weighted by molar-refractivity contribution is 6.25. The van der Waals surface area contributed by atoms with E-state index in [2.05, 4.69) is 259 Å². The minimum atomic E-state index is -0.263. The molecule has 11 aromatic carbocycles. The van der Waals surface area contributed by atoms with E-state index in [1.54, 1.807) is 0 Å². The van der Waals surface area contributed by atoms with Crippen molar-refractivity contribution in [2.75, 3.05) is 0 Å². The fraction of sp³-hybridized carbons (Fsp3) is 0.138. The van der Waals surface area contributed by atoms with E-state index in [4.69, 9.17) is 0 Å². The zero-order valence-electron chi connectivity index (χ0n) is 39.1. The fourth-order valence-corrected chi connectivity index (χ4v) is 9.71. The van der Waals surface area contributed by atoms with Crippen molar-refractivity contribution in [1.29, 1.82) is 0 Å². The summed E-state index contributed by atoms with van der Waals surface area (Å²) in [6.45, 7) is 14.7. The molecule has 0 spiro atoms. The number of benzene rings is 11. The van der Waals surface area contributed by atoms with Crippen LogP contribution in [0.1, 0.15) is 73.1 Å². The lowest BCUT2D eigenvalue weighted by atomic mass is 9.67. The molecule has 320 valence electrons. The van der Waals surface area contributed by atoms with Crippen molar-refractivity contribution in [3.05, 3.63) is 263 Å². The Morgan fingerprint density at radius 2 is 0.677 bits per heavy atom. The summed E-state index contributed by atoms with van der Waals surface area (Å²) in [6, 6.07) is 81.3. The molecule has 0 heterocycles. The Balaban J connectivity index is 0.000000131. The van der Waals surface area contributed by atoms with Gasteiger partial charge in [-0.1, -0.05) is 275 Å². The predicted molar refractivity (Wildman–Crippen MR) is 286 cm³/mol. The summed E-state index contributed by atoms with van der Waals surface area (Å²) in [5, 5.41) is 13.4. The summed E-state index contributed by atoms with van der Waals surface area (Å²) < 4.78 is 0. The first-order valence-electron chi connectivity index (χ1n) is 23.4. The topological polar surface area (TPSA) is 0 Å². The number of hydrogen-bond acceptors (Lipinski definition) is 0. The second kappa shape index (κ2) is 20.0. The van der Waals surface area contributed by atoms with Crippen LogP contribution in [0.3, 0.4) is 0 Å². The molecule has 0 aromatic heterocycles. The highest BCUT2D eigenvalue weighted by atomic mass is 14.5. The second-order valence-corrected chi connectivity index (χ2v) is 16.9. The van der Waals surface area contributed by atoms with E-state index in [1.165, 1.54) is 110 Å². The lowest BCUT2D eigenvalue weighted by Gasteiger charge is -2.34. The van der Waals surface area contributed by atoms with Crippen molar-refractivity contribution < 1.29 is 0 Å². The maximum absolute atomic E-state index is 2.37. The summed E-state index contributed by atoms with van der Waals surface area (Å²) >= 11 is 0. The van der Waals surface area contributed by atoms with Crippen molar-refractivity contribution in [3.63, 3.8) is 0 Å². The molecule has 1 aliphatic carbocycles. The molecule has 0 atom stereocenters. The average molecular weight is 841 g/mol. The summed E-state index contributed by atoms with van der Waals surface area (Å²) in [4.78, 5) is 0. The maximum atomic E-state index is 2.37. The van der Waals surface area contributed by atoms with Crippen LogP contribution in [0.15, 0.2) is 224 Å². The Labute approximate surface area is 386 Å². The lowest BCUT2D eigenvalue weighted by Crippen LogP contribution is -2.28. The quantitative estimate of drug-likeness (QED) is 0.152. The smallest absolute Gasteiger partial charge is 0.0683 e. The molecule has 0 saturated carbocycles. The normalized spacial score (nSPS) is 11.8. The molecule has 0 N–H and O–H groups in total. The molecule has 0 radical (unpaired) electrons. The van der Waals surface area contributed by atoms with Crippen LogP contribution in [0.4, 0.5) is 0 Å². The molecule has 11 aromatic rings. The van der Waals surface area contributed by atoms with Crippen LogP contribution in [0.5, 0.6) is 0 Å². The van der Waals surface area contributed by atoms with Crippen molar-refractivity contribution >= 4 is 53.9 Å². The van der Waals surface area contributed by atoms with Gasteiger partial charge in [0.25, 0.3) is 0 Å². The average Bonchev–Trinajstić information content (AvgIpc) is 3.65. The van der Waals surface area contributed by atoms with Crippen LogP contribution >= 0.6 is 0 Å². The number of aryl methyl sites for hydroxylation is 3. The number of rotatable bonds is 2. The first kappa shape index (κ1) is 44.3. The fourth-order valence-electron chi connectivity index (χ4n) is 9.71. The molecule has 0 nitrogen and oxygen atoms in total. The van der Waals surface area contributed by atoms with E-state index in [0.29, 0.717) is 0 Å². The molecule has 12 rings (SSSR count). The van der Waals surface area contributed by atoms with Crippen LogP contribution < -0.4 is 0 Å². The van der Waals surface area contributed by atoms with Crippen molar-refractivity contribution in [2.45, 2.75) is 60.3 Å². The highest BCUT2D eigenvalue weighted by Gasteiger charge is 2.45. The highest BCUT2D eigenvalue weighted by Crippen LogP contribution is 2.56. The Bertz CT molecular complexity index is 3280. The largest absolute Gasteiger partial charge is 0.0713 e. The van der Waals surface area contributed by atoms with Gasteiger partial charge in [0.2, 0.25) is 0 Å². The predicted octanol–water partition coefficient (Wildman–Crippen LogP) is 18.6. The van der Waals surface area contributed by atoms with Gasteiger partial charge in [-0.05, 0) is 108 Å². The van der Waals surface area contributed by atoms with Crippen molar-refractivity contribution in [2.24, 2.45) is 0 Å². The minimum absolute atomic E-state index is 0.263. The van der Waals surface area contributed by atoms with Crippen molar-refractivity contribution in [3.8, 4) is 11.1 Å². The van der Waals surface area contributed by atoms with Gasteiger partial charge in [-0.2, -0.15) is 0 Å². The van der Waals surface area contributed by atoms with Gasteiger partial charge in [0.15, 0.2) is 0 Å². The minimum Gasteiger partial charge on any atom is -0.0683 e. The molecular weight excluding hydrogens is 781 g/mol. The van der Waals surface area contributed by atoms with E-state index in [0.717, 1.165) is 0 Å². The zero-order valence-corrected chi connectivity index (χ0v) is 39.1. The van der Waals surface area contributed by atoms with Gasteiger partial charge < -0.3 is 0 Å². The van der Waals surface area contributed by atoms with Gasteiger partial charge >= 0.3 is 0 Å². The van der Waals surface area contributed by atoms with E-state index in [9.17, 15) is 0 Å². The summed E-state index contributed by atoms with van der Waals surface area (Å²) in [5.41, 5.74) is 11.8. The van der Waals surface area contributed by atoms with Crippen LogP contribution in [0, 0.1) is 20.8 Å². The van der Waals surface area contributed by atoms with E-state index < -0.39 is 0 Å². The summed E-state index contributed by atoms with van der Waals surface area (Å²) in [5.74, 6) is 0. The number of fused-ring (bicyclic) bond motifs is 12. The van der Waals surface area contributed by atoms with Crippen molar-refractivity contribution in [1.82, 2.24) is 0 Å². The number of hydrogen-bond donors (Lipinski definition) is 0. The Kier molecular flexibility index (Phi) is 13.7. The van der Waals surface area contributed by atoms with Gasteiger partial charge in [-0.3, -0.25) is 0 Å². The first-order chi connectivity index (χ1) is 31.9. The van der Waals surface area contributed by atoms with E-state index in [-0.39, 0.29) is 5.41 Å². The summed E-state index contributed by atoms with van der Waals surface area (Å²) in [7, 11) is 0. The monoisotopic (exact) mass is 840 g/mol. The standard InChI is InChI=1S/C26H20.C19H14.C15H12.C3H8.C2H6/c1-19-16-17-23-22-14-8-9-15-24(22)26(25(23)18-19,20-10-4-2-5-11-20)21-12-6-3-7-13-21;1-13-10-11-18-16-8-3-2-6-14(16)15-7-4-5-9-17(15)19(18)12-13;1-11-6-9-15-13(10-11)8-7-12-4-2-3-5-14(12)15;1-3-2;1-2/h2-18H,1H3;2-12H,1H3;2-10H,1H3;3H2,1-2H3;1-2H3.